The molecule has 8 rings (SSSR count). The summed E-state index contributed by atoms with van der Waals surface area (Å²) in [5.41, 5.74) is -1.73. The normalized spacial score (nSPS) is 54.0. The van der Waals surface area contributed by atoms with E-state index in [1.165, 1.54) is 12.5 Å². The van der Waals surface area contributed by atoms with Crippen molar-refractivity contribution in [2.24, 2.45) is 50.2 Å². The van der Waals surface area contributed by atoms with E-state index in [1.54, 1.807) is 6.92 Å². The van der Waals surface area contributed by atoms with Crippen LogP contribution < -0.4 is 0 Å². The molecule has 0 aromatic carbocycles. The molecule has 5 aliphatic carbocycles. The molecule has 3 heterocycles. The zero-order valence-corrected chi connectivity index (χ0v) is 39.5. The first kappa shape index (κ1) is 51.2. The molecule has 0 radical (unpaired) electrons. The van der Waals surface area contributed by atoms with Crippen LogP contribution in [0.3, 0.4) is 0 Å². The molecule has 0 spiro atoms. The third-order valence-electron chi connectivity index (χ3n) is 19.3. The summed E-state index contributed by atoms with van der Waals surface area (Å²) >= 11 is 0. The smallest absolute Gasteiger partial charge is 0.335 e. The van der Waals surface area contributed by atoms with Crippen molar-refractivity contribution in [2.45, 2.75) is 211 Å². The van der Waals surface area contributed by atoms with E-state index in [0.717, 1.165) is 32.0 Å². The summed E-state index contributed by atoms with van der Waals surface area (Å²) in [6.45, 7) is 13.8. The number of carbonyl (C=O) groups is 3. The summed E-state index contributed by atoms with van der Waals surface area (Å²) < 4.78 is 36.3. The third kappa shape index (κ3) is 7.88. The lowest BCUT2D eigenvalue weighted by Crippen LogP contribution is -2.69. The van der Waals surface area contributed by atoms with Crippen molar-refractivity contribution in [1.29, 1.82) is 0 Å². The Hall–Kier alpha value is -2.21. The molecule has 24 atom stereocenters. The highest BCUT2D eigenvalue weighted by Gasteiger charge is 2.70. The van der Waals surface area contributed by atoms with E-state index < -0.39 is 133 Å². The molecule has 3 aliphatic heterocycles. The second-order valence-corrected chi connectivity index (χ2v) is 23.2. The summed E-state index contributed by atoms with van der Waals surface area (Å²) in [5, 5.41) is 107. The molecule has 3 saturated heterocycles. The number of allylic oxidation sites excluding steroid dienone is 2. The molecule has 19 heteroatoms. The van der Waals surface area contributed by atoms with E-state index in [0.29, 0.717) is 32.1 Å². The van der Waals surface area contributed by atoms with Crippen molar-refractivity contribution in [3.63, 3.8) is 0 Å². The second-order valence-electron chi connectivity index (χ2n) is 23.2. The van der Waals surface area contributed by atoms with Crippen LogP contribution in [0.15, 0.2) is 11.6 Å². The Balaban J connectivity index is 1.12. The van der Waals surface area contributed by atoms with Crippen molar-refractivity contribution in [2.75, 3.05) is 6.61 Å². The monoisotopic (exact) mass is 954 g/mol. The molecule has 0 unspecified atom stereocenters. The average Bonchev–Trinajstić information content (AvgIpc) is 3.27. The first-order valence-corrected chi connectivity index (χ1v) is 24.2. The predicted molar refractivity (Wildman–Crippen MR) is 230 cm³/mol. The number of hydrogen-bond donors (Lipinski definition) is 10. The molecule has 380 valence electrons. The highest BCUT2D eigenvalue weighted by molar-refractivity contribution is 5.77. The lowest BCUT2D eigenvalue weighted by atomic mass is 9.33. The van der Waals surface area contributed by atoms with Gasteiger partial charge in [-0.25, -0.2) is 4.79 Å². The minimum Gasteiger partial charge on any atom is -0.481 e. The minimum absolute atomic E-state index is 0.000558. The fourth-order valence-corrected chi connectivity index (χ4v) is 14.9. The van der Waals surface area contributed by atoms with Gasteiger partial charge >= 0.3 is 11.9 Å². The van der Waals surface area contributed by atoms with Crippen LogP contribution in [0.4, 0.5) is 0 Å². The van der Waals surface area contributed by atoms with Gasteiger partial charge in [-0.05, 0) is 111 Å². The van der Waals surface area contributed by atoms with E-state index in [9.17, 15) is 65.4 Å². The molecule has 19 nitrogen and oxygen atoms in total. The fraction of sp³-hybridized carbons (Fsp3) is 0.896. The topological polar surface area (TPSA) is 309 Å². The van der Waals surface area contributed by atoms with Gasteiger partial charge in [-0.15, -0.1) is 0 Å². The number of carbonyl (C=O) groups excluding carboxylic acids is 1. The van der Waals surface area contributed by atoms with Crippen molar-refractivity contribution in [1.82, 2.24) is 0 Å². The average molecular weight is 955 g/mol. The first-order valence-electron chi connectivity index (χ1n) is 24.2. The van der Waals surface area contributed by atoms with Crippen molar-refractivity contribution in [3.05, 3.63) is 11.6 Å². The van der Waals surface area contributed by atoms with E-state index in [1.807, 2.05) is 0 Å². The molecule has 7 fully saturated rings. The molecule has 0 aromatic rings. The van der Waals surface area contributed by atoms with Crippen molar-refractivity contribution in [3.8, 4) is 0 Å². The Morgan fingerprint density at radius 1 is 0.701 bits per heavy atom. The number of aliphatic carboxylic acids is 2. The van der Waals surface area contributed by atoms with Crippen LogP contribution in [0.1, 0.15) is 113 Å². The highest BCUT2D eigenvalue weighted by Crippen LogP contribution is 2.76. The van der Waals surface area contributed by atoms with Gasteiger partial charge in [0.05, 0.1) is 29.6 Å². The van der Waals surface area contributed by atoms with Crippen LogP contribution in [-0.2, 0) is 42.8 Å². The van der Waals surface area contributed by atoms with E-state index >= 15 is 0 Å². The SMILES string of the molecule is C[C@@H]1O[C@H](O[C@H]2[C@H](O)[C@@H](C(=O)O)O[C@@H](O[C@H]3CC[C@]4(C)[C@H]5CC=C6[C@@H]7CC(C)(C)CC[C@]7(C(=O)O)CC[C@@]6(C)[C@]5(C)CC[C@H]4[C@]3(C)C=O)[C@@H]2O[C@@H]2O[C@H](CO)[C@@H](O)[C@H](O)[C@H]2O)[C@H](O)[C@H](O)[C@H]1O. The molecule has 8 aliphatic rings. The molecule has 0 amide bonds. The number of aliphatic hydroxyl groups excluding tert-OH is 8. The van der Waals surface area contributed by atoms with Crippen molar-refractivity contribution < 1.29 is 93.9 Å². The summed E-state index contributed by atoms with van der Waals surface area (Å²) in [7, 11) is 0. The number of carboxylic acid groups (broad SMARTS) is 2. The predicted octanol–water partition coefficient (Wildman–Crippen LogP) is 1.01. The van der Waals surface area contributed by atoms with Gasteiger partial charge in [-0.3, -0.25) is 4.79 Å². The molecular formula is C48H74O19. The van der Waals surface area contributed by atoms with Gasteiger partial charge in [0.25, 0.3) is 0 Å². The second kappa shape index (κ2) is 17.8. The first-order chi connectivity index (χ1) is 31.2. The number of aliphatic hydroxyl groups is 8. The van der Waals surface area contributed by atoms with Crippen LogP contribution in [0, 0.1) is 50.2 Å². The van der Waals surface area contributed by atoms with Gasteiger partial charge in [0.2, 0.25) is 0 Å². The van der Waals surface area contributed by atoms with Gasteiger partial charge in [-0.2, -0.15) is 0 Å². The Morgan fingerprint density at radius 3 is 1.96 bits per heavy atom. The van der Waals surface area contributed by atoms with Crippen LogP contribution in [0.2, 0.25) is 0 Å². The third-order valence-corrected chi connectivity index (χ3v) is 19.3. The number of rotatable bonds is 10. The number of carboxylic acids is 2. The lowest BCUT2D eigenvalue weighted by Gasteiger charge is -2.71. The molecule has 4 saturated carbocycles. The van der Waals surface area contributed by atoms with Crippen LogP contribution >= 0.6 is 0 Å². The highest BCUT2D eigenvalue weighted by atomic mass is 16.8. The summed E-state index contributed by atoms with van der Waals surface area (Å²) in [6.07, 6.45) is -18.3. The van der Waals surface area contributed by atoms with Gasteiger partial charge in [-0.1, -0.05) is 53.2 Å². The van der Waals surface area contributed by atoms with Crippen molar-refractivity contribution >= 4 is 18.2 Å². The maximum atomic E-state index is 13.8. The Kier molecular flexibility index (Phi) is 13.6. The van der Waals surface area contributed by atoms with Gasteiger partial charge in [0, 0.05) is 0 Å². The van der Waals surface area contributed by atoms with E-state index in [-0.39, 0.29) is 40.4 Å². The Bertz CT molecular complexity index is 1910. The van der Waals surface area contributed by atoms with Crippen LogP contribution in [-0.4, -0.2) is 174 Å². The molecule has 0 bridgehead atoms. The summed E-state index contributed by atoms with van der Waals surface area (Å²) in [5.74, 6) is -2.63. The standard InChI is InChI=1S/C48H74O19/c1-21-28(51)30(53)32(55)39(62-21)65-35-34(57)36(38(58)59)66-41(37(35)67-40-33(56)31(54)29(52)24(19-49)63-40)64-27-11-12-44(4)25(45(27,5)20-50)10-13-47(7)26(44)9-8-22-23-18-43(2,3)14-16-48(23,42(60)61)17-15-46(22,47)6/h8,20-21,23-37,39-41,49,51-57H,9-19H2,1-7H3,(H,58,59)(H,60,61)/t21-,23-,24+,25+,26+,27-,28-,29+,30+,31-,32+,33+,34-,35-,36-,37+,39+,40-,41+,44-,45-,46+,47+,48-/m0/s1. The zero-order chi connectivity index (χ0) is 49.1. The summed E-state index contributed by atoms with van der Waals surface area (Å²) in [4.78, 5) is 39.8. The molecule has 67 heavy (non-hydrogen) atoms. The van der Waals surface area contributed by atoms with Gasteiger partial charge < -0.3 is 84.3 Å². The quantitative estimate of drug-likeness (QED) is 0.0830. The fourth-order valence-electron chi connectivity index (χ4n) is 14.9. The van der Waals surface area contributed by atoms with Crippen LogP contribution in [0.25, 0.3) is 0 Å². The van der Waals surface area contributed by atoms with Crippen LogP contribution in [0.5, 0.6) is 0 Å². The van der Waals surface area contributed by atoms with E-state index in [2.05, 4.69) is 40.7 Å². The molecular weight excluding hydrogens is 881 g/mol. The lowest BCUT2D eigenvalue weighted by molar-refractivity contribution is -0.394. The zero-order valence-electron chi connectivity index (χ0n) is 39.5. The number of ether oxygens (including phenoxy) is 6. The Morgan fingerprint density at radius 2 is 1.33 bits per heavy atom. The molecule has 10 N–H and O–H groups in total. The van der Waals surface area contributed by atoms with E-state index in [4.69, 9.17) is 28.4 Å². The summed E-state index contributed by atoms with van der Waals surface area (Å²) in [6, 6.07) is 0. The number of fused-ring (bicyclic) bond motifs is 7. The maximum absolute atomic E-state index is 13.8. The molecule has 0 aromatic heterocycles. The number of aldehydes is 1. The maximum Gasteiger partial charge on any atom is 0.335 e. The minimum atomic E-state index is -2.13. The largest absolute Gasteiger partial charge is 0.481 e. The van der Waals surface area contributed by atoms with Gasteiger partial charge in [0.15, 0.2) is 25.0 Å². The Labute approximate surface area is 390 Å². The van der Waals surface area contributed by atoms with Gasteiger partial charge in [0.1, 0.15) is 67.3 Å². The number of hydrogen-bond acceptors (Lipinski definition) is 17.